The van der Waals surface area contributed by atoms with Gasteiger partial charge in [0.15, 0.2) is 0 Å². The number of anilines is 1. The van der Waals surface area contributed by atoms with E-state index in [9.17, 15) is 4.79 Å². The van der Waals surface area contributed by atoms with Crippen LogP contribution < -0.4 is 5.32 Å². The summed E-state index contributed by atoms with van der Waals surface area (Å²) in [5, 5.41) is 2.51. The normalized spacial score (nSPS) is 10.0. The molecule has 4 nitrogen and oxygen atoms in total. The number of hydrogen-bond donors (Lipinski definition) is 1. The summed E-state index contributed by atoms with van der Waals surface area (Å²) in [5.74, 6) is 0.859. The Hall–Kier alpha value is -1.58. The molecular weight excluding hydrogens is 180 g/mol. The van der Waals surface area contributed by atoms with Gasteiger partial charge in [-0.15, -0.1) is 0 Å². The van der Waals surface area contributed by atoms with Crippen LogP contribution in [0, 0.1) is 0 Å². The molecule has 1 aromatic rings. The summed E-state index contributed by atoms with van der Waals surface area (Å²) in [5.41, 5.74) is 0.943. The maximum absolute atomic E-state index is 10.9. The minimum atomic E-state index is -0.501. The van der Waals surface area contributed by atoms with Gasteiger partial charge in [0.2, 0.25) is 0 Å². The monoisotopic (exact) mass is 194 g/mol. The van der Waals surface area contributed by atoms with Crippen molar-refractivity contribution >= 4 is 11.9 Å². The second kappa shape index (κ2) is 4.60. The third-order valence-electron chi connectivity index (χ3n) is 1.78. The SMILES string of the molecule is COC(=O)Nc1cccc(C(C)C)n1. The molecule has 0 unspecified atom stereocenters. The van der Waals surface area contributed by atoms with Crippen molar-refractivity contribution in [3.05, 3.63) is 23.9 Å². The van der Waals surface area contributed by atoms with Crippen molar-refractivity contribution in [2.24, 2.45) is 0 Å². The highest BCUT2D eigenvalue weighted by molar-refractivity contribution is 5.83. The quantitative estimate of drug-likeness (QED) is 0.786. The first-order chi connectivity index (χ1) is 6.63. The van der Waals surface area contributed by atoms with Gasteiger partial charge in [-0.3, -0.25) is 5.32 Å². The number of amides is 1. The molecule has 0 bridgehead atoms. The van der Waals surface area contributed by atoms with Crippen LogP contribution in [0.1, 0.15) is 25.5 Å². The maximum Gasteiger partial charge on any atom is 0.412 e. The molecule has 0 aromatic carbocycles. The van der Waals surface area contributed by atoms with Gasteiger partial charge < -0.3 is 4.74 Å². The van der Waals surface area contributed by atoms with Crippen LogP contribution >= 0.6 is 0 Å². The van der Waals surface area contributed by atoms with Crippen molar-refractivity contribution < 1.29 is 9.53 Å². The molecule has 0 fully saturated rings. The molecule has 1 aromatic heterocycles. The fourth-order valence-corrected chi connectivity index (χ4v) is 0.998. The first-order valence-electron chi connectivity index (χ1n) is 4.45. The van der Waals surface area contributed by atoms with Gasteiger partial charge in [0, 0.05) is 5.69 Å². The average Bonchev–Trinajstić information content (AvgIpc) is 2.18. The number of ether oxygens (including phenoxy) is 1. The van der Waals surface area contributed by atoms with E-state index in [2.05, 4.69) is 15.0 Å². The van der Waals surface area contributed by atoms with Crippen LogP contribution in [0.15, 0.2) is 18.2 Å². The number of rotatable bonds is 2. The molecule has 0 atom stereocenters. The van der Waals surface area contributed by atoms with E-state index in [1.807, 2.05) is 26.0 Å². The largest absolute Gasteiger partial charge is 0.453 e. The summed E-state index contributed by atoms with van der Waals surface area (Å²) < 4.78 is 4.46. The van der Waals surface area contributed by atoms with Gasteiger partial charge in [-0.2, -0.15) is 0 Å². The van der Waals surface area contributed by atoms with Gasteiger partial charge in [0.05, 0.1) is 7.11 Å². The van der Waals surface area contributed by atoms with Crippen LogP contribution in [-0.2, 0) is 4.74 Å². The summed E-state index contributed by atoms with van der Waals surface area (Å²) in [7, 11) is 1.32. The number of nitrogens with zero attached hydrogens (tertiary/aromatic N) is 1. The van der Waals surface area contributed by atoms with E-state index in [0.29, 0.717) is 11.7 Å². The highest BCUT2D eigenvalue weighted by Gasteiger charge is 2.04. The maximum atomic E-state index is 10.9. The van der Waals surface area contributed by atoms with Crippen molar-refractivity contribution in [2.45, 2.75) is 19.8 Å². The molecule has 0 spiro atoms. The minimum absolute atomic E-state index is 0.342. The first-order valence-corrected chi connectivity index (χ1v) is 4.45. The number of nitrogens with one attached hydrogen (secondary N) is 1. The number of carbonyl (C=O) groups is 1. The molecule has 0 radical (unpaired) electrons. The molecule has 1 amide bonds. The molecule has 1 N–H and O–H groups in total. The van der Waals surface area contributed by atoms with Gasteiger partial charge in [0.25, 0.3) is 0 Å². The Balaban J connectivity index is 2.78. The van der Waals surface area contributed by atoms with Crippen LogP contribution in [0.3, 0.4) is 0 Å². The Morgan fingerprint density at radius 1 is 1.50 bits per heavy atom. The second-order valence-electron chi connectivity index (χ2n) is 3.22. The standard InChI is InChI=1S/C10H14N2O2/c1-7(2)8-5-4-6-9(11-8)12-10(13)14-3/h4-7H,1-3H3,(H,11,12,13). The number of methoxy groups -OCH3 is 1. The zero-order valence-corrected chi connectivity index (χ0v) is 8.57. The lowest BCUT2D eigenvalue weighted by Crippen LogP contribution is -2.12. The van der Waals surface area contributed by atoms with Crippen LogP contribution in [-0.4, -0.2) is 18.2 Å². The lowest BCUT2D eigenvalue weighted by molar-refractivity contribution is 0.187. The van der Waals surface area contributed by atoms with E-state index in [1.54, 1.807) is 6.07 Å². The topological polar surface area (TPSA) is 51.2 Å². The van der Waals surface area contributed by atoms with Crippen LogP contribution in [0.2, 0.25) is 0 Å². The van der Waals surface area contributed by atoms with E-state index < -0.39 is 6.09 Å². The van der Waals surface area contributed by atoms with Gasteiger partial charge in [-0.25, -0.2) is 9.78 Å². The van der Waals surface area contributed by atoms with E-state index in [4.69, 9.17) is 0 Å². The van der Waals surface area contributed by atoms with E-state index in [-0.39, 0.29) is 0 Å². The number of aromatic nitrogens is 1. The molecule has 0 saturated heterocycles. The lowest BCUT2D eigenvalue weighted by atomic mass is 10.1. The van der Waals surface area contributed by atoms with Gasteiger partial charge in [-0.1, -0.05) is 19.9 Å². The fourth-order valence-electron chi connectivity index (χ4n) is 0.998. The van der Waals surface area contributed by atoms with Crippen LogP contribution in [0.5, 0.6) is 0 Å². The van der Waals surface area contributed by atoms with Crippen molar-refractivity contribution in [1.29, 1.82) is 0 Å². The number of hydrogen-bond acceptors (Lipinski definition) is 3. The van der Waals surface area contributed by atoms with Crippen LogP contribution in [0.4, 0.5) is 10.6 Å². The minimum Gasteiger partial charge on any atom is -0.453 e. The van der Waals surface area contributed by atoms with Crippen LogP contribution in [0.25, 0.3) is 0 Å². The number of pyridine rings is 1. The van der Waals surface area contributed by atoms with Crippen molar-refractivity contribution in [2.75, 3.05) is 12.4 Å². The molecule has 0 aliphatic rings. The summed E-state index contributed by atoms with van der Waals surface area (Å²) in [6, 6.07) is 5.50. The molecule has 0 aliphatic heterocycles. The number of carbonyl (C=O) groups excluding carboxylic acids is 1. The highest BCUT2D eigenvalue weighted by Crippen LogP contribution is 2.13. The lowest BCUT2D eigenvalue weighted by Gasteiger charge is -2.07. The van der Waals surface area contributed by atoms with Crippen molar-refractivity contribution in [3.63, 3.8) is 0 Å². The zero-order chi connectivity index (χ0) is 10.6. The molecule has 76 valence electrons. The summed E-state index contributed by atoms with van der Waals surface area (Å²) >= 11 is 0. The second-order valence-corrected chi connectivity index (χ2v) is 3.22. The third kappa shape index (κ3) is 2.73. The Kier molecular flexibility index (Phi) is 3.45. The van der Waals surface area contributed by atoms with Crippen molar-refractivity contribution in [3.8, 4) is 0 Å². The van der Waals surface area contributed by atoms with Gasteiger partial charge in [-0.05, 0) is 18.1 Å². The van der Waals surface area contributed by atoms with Gasteiger partial charge in [0.1, 0.15) is 5.82 Å². The predicted molar refractivity (Wildman–Crippen MR) is 54.4 cm³/mol. The Morgan fingerprint density at radius 2 is 2.21 bits per heavy atom. The molecule has 0 aliphatic carbocycles. The van der Waals surface area contributed by atoms with E-state index in [0.717, 1.165) is 5.69 Å². The predicted octanol–water partition coefficient (Wildman–Crippen LogP) is 2.38. The average molecular weight is 194 g/mol. The Bertz CT molecular complexity index is 324. The van der Waals surface area contributed by atoms with E-state index in [1.165, 1.54) is 7.11 Å². The Labute approximate surface area is 83.3 Å². The summed E-state index contributed by atoms with van der Waals surface area (Å²) in [6.45, 7) is 4.09. The first kappa shape index (κ1) is 10.5. The molecule has 4 heteroatoms. The molecule has 0 saturated carbocycles. The van der Waals surface area contributed by atoms with Crippen molar-refractivity contribution in [1.82, 2.24) is 4.98 Å². The highest BCUT2D eigenvalue weighted by atomic mass is 16.5. The van der Waals surface area contributed by atoms with Gasteiger partial charge >= 0.3 is 6.09 Å². The zero-order valence-electron chi connectivity index (χ0n) is 8.57. The molecule has 1 rings (SSSR count). The molecule has 14 heavy (non-hydrogen) atoms. The Morgan fingerprint density at radius 3 is 2.79 bits per heavy atom. The molecule has 1 heterocycles. The third-order valence-corrected chi connectivity index (χ3v) is 1.78. The summed E-state index contributed by atoms with van der Waals surface area (Å²) in [4.78, 5) is 15.1. The summed E-state index contributed by atoms with van der Waals surface area (Å²) in [6.07, 6.45) is -0.501. The van der Waals surface area contributed by atoms with E-state index >= 15 is 0 Å². The molecular formula is C10H14N2O2. The fraction of sp³-hybridized carbons (Fsp3) is 0.400. The smallest absolute Gasteiger partial charge is 0.412 e.